The Balaban J connectivity index is 1.20. The van der Waals surface area contributed by atoms with Gasteiger partial charge in [-0.15, -0.1) is 0 Å². The number of benzene rings is 2. The second-order valence-corrected chi connectivity index (χ2v) is 8.77. The Morgan fingerprint density at radius 2 is 1.73 bits per heavy atom. The minimum Gasteiger partial charge on any atom is -0.497 e. The van der Waals surface area contributed by atoms with Gasteiger partial charge in [0.05, 0.1) is 18.7 Å². The Bertz CT molecular complexity index is 1430. The lowest BCUT2D eigenvalue weighted by atomic mass is 10.1. The van der Waals surface area contributed by atoms with E-state index >= 15 is 0 Å². The van der Waals surface area contributed by atoms with Gasteiger partial charge >= 0.3 is 0 Å². The zero-order valence-electron chi connectivity index (χ0n) is 20.7. The summed E-state index contributed by atoms with van der Waals surface area (Å²) in [5, 5.41) is 7.33. The van der Waals surface area contributed by atoms with Crippen molar-refractivity contribution in [1.82, 2.24) is 19.7 Å². The zero-order chi connectivity index (χ0) is 25.9. The first-order chi connectivity index (χ1) is 17.9. The van der Waals surface area contributed by atoms with Crippen molar-refractivity contribution in [3.8, 4) is 23.2 Å². The zero-order valence-corrected chi connectivity index (χ0v) is 20.7. The fraction of sp³-hybridized carbons (Fsp3) is 0.222. The van der Waals surface area contributed by atoms with Crippen LogP contribution in [0.25, 0.3) is 5.82 Å². The predicted molar refractivity (Wildman–Crippen MR) is 137 cm³/mol. The number of nitrogens with one attached hydrogen (secondary N) is 1. The highest BCUT2D eigenvalue weighted by Gasteiger charge is 2.35. The average molecular weight is 499 g/mol. The summed E-state index contributed by atoms with van der Waals surface area (Å²) in [6, 6.07) is 17.9. The molecule has 0 aliphatic carbocycles. The number of hydrogen-bond acceptors (Lipinski definition) is 7. The highest BCUT2D eigenvalue weighted by atomic mass is 16.5. The number of aryl methyl sites for hydroxylation is 2. The molecule has 1 fully saturated rings. The Kier molecular flexibility index (Phi) is 6.55. The van der Waals surface area contributed by atoms with E-state index in [0.717, 1.165) is 17.1 Å². The van der Waals surface area contributed by atoms with Crippen LogP contribution in [0.3, 0.4) is 0 Å². The first-order valence-corrected chi connectivity index (χ1v) is 11.8. The summed E-state index contributed by atoms with van der Waals surface area (Å²) in [7, 11) is 1.59. The average Bonchev–Trinajstić information content (AvgIpc) is 3.46. The smallest absolute Gasteiger partial charge is 0.229 e. The van der Waals surface area contributed by atoms with E-state index in [2.05, 4.69) is 20.4 Å². The standard InChI is InChI=1S/C27H26N6O4/c1-17-12-18(2)33(31-17)24-14-25(29-16-28-24)37-23-8-4-20(5-9-23)30-27(35)19-13-26(34)32(15-19)21-6-10-22(36-3)11-7-21/h4-12,14,16,19H,13,15H2,1-3H3,(H,30,35). The van der Waals surface area contributed by atoms with Crippen molar-refractivity contribution in [2.24, 2.45) is 5.92 Å². The van der Waals surface area contributed by atoms with Crippen LogP contribution < -0.4 is 19.7 Å². The third kappa shape index (κ3) is 5.27. The quantitative estimate of drug-likeness (QED) is 0.409. The van der Waals surface area contributed by atoms with Crippen molar-refractivity contribution in [3.63, 3.8) is 0 Å². The molecule has 1 saturated heterocycles. The lowest BCUT2D eigenvalue weighted by Gasteiger charge is -2.17. The van der Waals surface area contributed by atoms with Crippen molar-refractivity contribution in [3.05, 3.63) is 78.4 Å². The monoisotopic (exact) mass is 498 g/mol. The van der Waals surface area contributed by atoms with Crippen molar-refractivity contribution in [2.75, 3.05) is 23.9 Å². The van der Waals surface area contributed by atoms with E-state index in [-0.39, 0.29) is 18.2 Å². The molecule has 1 N–H and O–H groups in total. The molecule has 0 bridgehead atoms. The van der Waals surface area contributed by atoms with Crippen LogP contribution in [0.1, 0.15) is 17.8 Å². The summed E-state index contributed by atoms with van der Waals surface area (Å²) >= 11 is 0. The molecule has 4 aromatic rings. The van der Waals surface area contributed by atoms with Gasteiger partial charge in [-0.1, -0.05) is 0 Å². The van der Waals surface area contributed by atoms with Gasteiger partial charge in [-0.2, -0.15) is 5.10 Å². The third-order valence-corrected chi connectivity index (χ3v) is 6.08. The molecule has 1 atom stereocenters. The number of amides is 2. The lowest BCUT2D eigenvalue weighted by Crippen LogP contribution is -2.28. The van der Waals surface area contributed by atoms with Gasteiger partial charge in [0.1, 0.15) is 17.8 Å². The summed E-state index contributed by atoms with van der Waals surface area (Å²) in [5.41, 5.74) is 3.21. The molecule has 1 aliphatic rings. The molecule has 0 radical (unpaired) electrons. The molecule has 10 heteroatoms. The molecule has 2 aromatic carbocycles. The van der Waals surface area contributed by atoms with Crippen molar-refractivity contribution in [2.45, 2.75) is 20.3 Å². The Morgan fingerprint density at radius 1 is 1.00 bits per heavy atom. The van der Waals surface area contributed by atoms with Crippen LogP contribution in [0.5, 0.6) is 17.4 Å². The minimum absolute atomic E-state index is 0.0845. The maximum atomic E-state index is 12.8. The second-order valence-electron chi connectivity index (χ2n) is 8.77. The maximum absolute atomic E-state index is 12.8. The number of ether oxygens (including phenoxy) is 2. The first kappa shape index (κ1) is 24.0. The maximum Gasteiger partial charge on any atom is 0.229 e. The van der Waals surface area contributed by atoms with Crippen LogP contribution >= 0.6 is 0 Å². The Hall–Kier alpha value is -4.73. The normalized spacial score (nSPS) is 15.1. The molecule has 0 saturated carbocycles. The van der Waals surface area contributed by atoms with Crippen LogP contribution in [0.4, 0.5) is 11.4 Å². The number of aromatic nitrogens is 4. The van der Waals surface area contributed by atoms with Gasteiger partial charge in [0.15, 0.2) is 5.82 Å². The van der Waals surface area contributed by atoms with E-state index in [4.69, 9.17) is 9.47 Å². The van der Waals surface area contributed by atoms with Gasteiger partial charge < -0.3 is 19.7 Å². The van der Waals surface area contributed by atoms with E-state index < -0.39 is 5.92 Å². The Labute approximate surface area is 213 Å². The van der Waals surface area contributed by atoms with Gasteiger partial charge in [0.2, 0.25) is 17.7 Å². The number of methoxy groups -OCH3 is 1. The molecule has 5 rings (SSSR count). The van der Waals surface area contributed by atoms with Gasteiger partial charge in [-0.05, 0) is 68.4 Å². The molecular weight excluding hydrogens is 472 g/mol. The molecule has 2 aromatic heterocycles. The number of anilines is 2. The lowest BCUT2D eigenvalue weighted by molar-refractivity contribution is -0.122. The molecule has 188 valence electrons. The molecular formula is C27H26N6O4. The van der Waals surface area contributed by atoms with Gasteiger partial charge in [-0.25, -0.2) is 14.6 Å². The van der Waals surface area contributed by atoms with E-state index in [1.807, 2.05) is 32.0 Å². The summed E-state index contributed by atoms with van der Waals surface area (Å²) < 4.78 is 12.8. The van der Waals surface area contributed by atoms with Crippen LogP contribution in [-0.2, 0) is 9.59 Å². The SMILES string of the molecule is COc1ccc(N2CC(C(=O)Nc3ccc(Oc4cc(-n5nc(C)cc5C)ncn4)cc3)CC2=O)cc1. The molecule has 1 unspecified atom stereocenters. The van der Waals surface area contributed by atoms with Gasteiger partial charge in [0, 0.05) is 36.1 Å². The highest BCUT2D eigenvalue weighted by Crippen LogP contribution is 2.28. The molecule has 37 heavy (non-hydrogen) atoms. The van der Waals surface area contributed by atoms with Crippen LogP contribution in [0, 0.1) is 19.8 Å². The van der Waals surface area contributed by atoms with E-state index in [1.54, 1.807) is 59.2 Å². The van der Waals surface area contributed by atoms with Crippen molar-refractivity contribution < 1.29 is 19.1 Å². The highest BCUT2D eigenvalue weighted by molar-refractivity contribution is 6.03. The van der Waals surface area contributed by atoms with E-state index in [1.165, 1.54) is 6.33 Å². The fourth-order valence-corrected chi connectivity index (χ4v) is 4.23. The topological polar surface area (TPSA) is 111 Å². The Morgan fingerprint density at radius 3 is 2.41 bits per heavy atom. The van der Waals surface area contributed by atoms with Crippen LogP contribution in [-0.4, -0.2) is 45.2 Å². The third-order valence-electron chi connectivity index (χ3n) is 6.08. The van der Waals surface area contributed by atoms with Crippen molar-refractivity contribution in [1.29, 1.82) is 0 Å². The van der Waals surface area contributed by atoms with E-state index in [0.29, 0.717) is 35.4 Å². The minimum atomic E-state index is -0.445. The molecule has 1 aliphatic heterocycles. The molecule has 2 amide bonds. The summed E-state index contributed by atoms with van der Waals surface area (Å²) in [5.74, 6) is 1.51. The van der Waals surface area contributed by atoms with E-state index in [9.17, 15) is 9.59 Å². The molecule has 3 heterocycles. The summed E-state index contributed by atoms with van der Waals surface area (Å²) in [6.07, 6.45) is 1.58. The number of carbonyl (C=O) groups excluding carboxylic acids is 2. The fourth-order valence-electron chi connectivity index (χ4n) is 4.23. The first-order valence-electron chi connectivity index (χ1n) is 11.8. The van der Waals surface area contributed by atoms with Gasteiger partial charge in [-0.3, -0.25) is 9.59 Å². The second kappa shape index (κ2) is 10.1. The molecule has 10 nitrogen and oxygen atoms in total. The van der Waals surface area contributed by atoms with Crippen molar-refractivity contribution >= 4 is 23.2 Å². The molecule has 0 spiro atoms. The number of hydrogen-bond donors (Lipinski definition) is 1. The van der Waals surface area contributed by atoms with Crippen LogP contribution in [0.2, 0.25) is 0 Å². The van der Waals surface area contributed by atoms with Gasteiger partial charge in [0.25, 0.3) is 0 Å². The predicted octanol–water partition coefficient (Wildman–Crippen LogP) is 4.07. The van der Waals surface area contributed by atoms with Crippen LogP contribution in [0.15, 0.2) is 67.0 Å². The summed E-state index contributed by atoms with van der Waals surface area (Å²) in [4.78, 5) is 35.5. The summed E-state index contributed by atoms with van der Waals surface area (Å²) in [6.45, 7) is 4.20. The number of carbonyl (C=O) groups is 2. The number of nitrogens with zero attached hydrogens (tertiary/aromatic N) is 5. The number of rotatable bonds is 7. The largest absolute Gasteiger partial charge is 0.497 e.